The number of ether oxygens (including phenoxy) is 1. The Labute approximate surface area is 250 Å². The number of aliphatic hydroxyl groups is 1. The van der Waals surface area contributed by atoms with Crippen LogP contribution in [0.5, 0.6) is 0 Å². The molecule has 1 aromatic carbocycles. The number of nitrogens with one attached hydrogen (secondary N) is 1. The topological polar surface area (TPSA) is 127 Å². The summed E-state index contributed by atoms with van der Waals surface area (Å²) in [4.78, 5) is 41.8. The largest absolute Gasteiger partial charge is 0.444 e. The number of nitrogens with zero attached hydrogens (tertiary/aromatic N) is 6. The van der Waals surface area contributed by atoms with Gasteiger partial charge in [-0.25, -0.2) is 24.1 Å². The number of hydrogen-bond acceptors (Lipinski definition) is 8. The number of allylic oxidation sites excluding steroid dienone is 1. The summed E-state index contributed by atoms with van der Waals surface area (Å²) in [7, 11) is 0. The predicted molar refractivity (Wildman–Crippen MR) is 166 cm³/mol. The molecule has 0 unspecified atom stereocenters. The molecule has 4 aromatic rings. The first-order valence-electron chi connectivity index (χ1n) is 14.3. The van der Waals surface area contributed by atoms with Crippen molar-refractivity contribution >= 4 is 28.8 Å². The Balaban J connectivity index is 1.53. The van der Waals surface area contributed by atoms with Gasteiger partial charge in [-0.15, -0.1) is 6.58 Å². The Bertz CT molecular complexity index is 1770. The van der Waals surface area contributed by atoms with Gasteiger partial charge in [0, 0.05) is 30.4 Å². The average Bonchev–Trinajstić information content (AvgIpc) is 3.17. The lowest BCUT2D eigenvalue weighted by molar-refractivity contribution is 0.0174. The minimum absolute atomic E-state index is 0.223. The summed E-state index contributed by atoms with van der Waals surface area (Å²) in [5.74, 6) is 0.714. The second-order valence-corrected chi connectivity index (χ2v) is 13.1. The van der Waals surface area contributed by atoms with Crippen LogP contribution in [0.1, 0.15) is 65.3 Å². The van der Waals surface area contributed by atoms with Crippen LogP contribution < -0.4 is 10.9 Å². The summed E-state index contributed by atoms with van der Waals surface area (Å²) in [5.41, 5.74) is 1.39. The maximum absolute atomic E-state index is 13.3. The van der Waals surface area contributed by atoms with E-state index in [4.69, 9.17) is 9.72 Å². The van der Waals surface area contributed by atoms with Crippen molar-refractivity contribution in [3.8, 4) is 5.82 Å². The highest BCUT2D eigenvalue weighted by molar-refractivity contribution is 5.77. The lowest BCUT2D eigenvalue weighted by Gasteiger charge is -2.40. The molecule has 1 aliphatic rings. The molecule has 3 aromatic heterocycles. The van der Waals surface area contributed by atoms with Gasteiger partial charge in [0.05, 0.1) is 12.2 Å². The number of carbonyl (C=O) groups is 1. The highest BCUT2D eigenvalue weighted by Crippen LogP contribution is 2.36. The fourth-order valence-electron chi connectivity index (χ4n) is 5.36. The van der Waals surface area contributed by atoms with E-state index in [1.54, 1.807) is 47.7 Å². The standard InChI is InChI=1S/C32H39N7O4/c1-9-15-38-27(40)22-17-33-28(36-26(22)39(38)25-12-10-11-24(35-25)32(7,8)42)34-21-13-14-23-20(16-21)18-37(19-31(23,5)6)29(41)43-30(2,3)4/h9-14,16-17,42H,1,15,18-19H2,2-8H3,(H,33,34,36). The number of benzene rings is 1. The molecule has 0 saturated carbocycles. The maximum atomic E-state index is 13.3. The van der Waals surface area contributed by atoms with Crippen molar-refractivity contribution in [2.24, 2.45) is 0 Å². The number of pyridine rings is 1. The molecule has 0 atom stereocenters. The Hall–Kier alpha value is -4.51. The van der Waals surface area contributed by atoms with Crippen LogP contribution in [0.25, 0.3) is 16.9 Å². The van der Waals surface area contributed by atoms with Gasteiger partial charge in [0.25, 0.3) is 5.56 Å². The number of fused-ring (bicyclic) bond motifs is 2. The van der Waals surface area contributed by atoms with Gasteiger partial charge in [0.2, 0.25) is 5.95 Å². The number of amides is 1. The SMILES string of the molecule is C=CCn1c(=O)c2cnc(Nc3ccc4c(c3)CN(C(=O)OC(C)(C)C)CC4(C)C)nc2n1-c1cccc(C(C)(C)O)n1. The van der Waals surface area contributed by atoms with Crippen molar-refractivity contribution in [1.82, 2.24) is 29.2 Å². The Morgan fingerprint density at radius 2 is 1.91 bits per heavy atom. The van der Waals surface area contributed by atoms with Crippen molar-refractivity contribution in [2.45, 2.75) is 78.2 Å². The molecule has 1 aliphatic heterocycles. The van der Waals surface area contributed by atoms with Gasteiger partial charge in [-0.05, 0) is 70.0 Å². The second kappa shape index (κ2) is 10.6. The third-order valence-corrected chi connectivity index (χ3v) is 7.25. The number of aromatic nitrogens is 5. The van der Waals surface area contributed by atoms with Crippen molar-refractivity contribution in [1.29, 1.82) is 0 Å². The fourth-order valence-corrected chi connectivity index (χ4v) is 5.36. The van der Waals surface area contributed by atoms with Gasteiger partial charge in [-0.1, -0.05) is 32.1 Å². The number of anilines is 2. The third kappa shape index (κ3) is 6.03. The van der Waals surface area contributed by atoms with E-state index in [2.05, 4.69) is 41.8 Å². The van der Waals surface area contributed by atoms with E-state index in [1.807, 2.05) is 32.9 Å². The van der Waals surface area contributed by atoms with Gasteiger partial charge in [-0.3, -0.25) is 4.79 Å². The van der Waals surface area contributed by atoms with E-state index in [0.717, 1.165) is 16.8 Å². The predicted octanol–water partition coefficient (Wildman–Crippen LogP) is 5.16. The quantitative estimate of drug-likeness (QED) is 0.297. The van der Waals surface area contributed by atoms with Crippen LogP contribution in [-0.2, 0) is 28.8 Å². The van der Waals surface area contributed by atoms with E-state index in [0.29, 0.717) is 35.6 Å². The number of hydrogen-bond donors (Lipinski definition) is 2. The van der Waals surface area contributed by atoms with E-state index in [1.165, 1.54) is 10.9 Å². The van der Waals surface area contributed by atoms with Crippen molar-refractivity contribution < 1.29 is 14.6 Å². The van der Waals surface area contributed by atoms with E-state index in [-0.39, 0.29) is 29.6 Å². The Morgan fingerprint density at radius 3 is 2.58 bits per heavy atom. The zero-order chi connectivity index (χ0) is 31.3. The maximum Gasteiger partial charge on any atom is 0.410 e. The lowest BCUT2D eigenvalue weighted by Crippen LogP contribution is -2.46. The van der Waals surface area contributed by atoms with Crippen LogP contribution in [0, 0.1) is 0 Å². The van der Waals surface area contributed by atoms with E-state index in [9.17, 15) is 14.7 Å². The smallest absolute Gasteiger partial charge is 0.410 e. The first-order chi connectivity index (χ1) is 20.1. The molecule has 0 saturated heterocycles. The summed E-state index contributed by atoms with van der Waals surface area (Å²) in [6.07, 6.45) is 2.77. The van der Waals surface area contributed by atoms with Crippen molar-refractivity contribution in [3.05, 3.63) is 82.4 Å². The molecule has 0 fully saturated rings. The normalized spacial score (nSPS) is 14.8. The molecule has 0 aliphatic carbocycles. The lowest BCUT2D eigenvalue weighted by atomic mass is 9.78. The molecule has 5 rings (SSSR count). The molecule has 43 heavy (non-hydrogen) atoms. The van der Waals surface area contributed by atoms with Crippen molar-refractivity contribution in [2.75, 3.05) is 11.9 Å². The zero-order valence-electron chi connectivity index (χ0n) is 25.8. The van der Waals surface area contributed by atoms with Gasteiger partial charge < -0.3 is 20.1 Å². The Morgan fingerprint density at radius 1 is 1.16 bits per heavy atom. The summed E-state index contributed by atoms with van der Waals surface area (Å²) in [6.45, 7) is 18.1. The van der Waals surface area contributed by atoms with Crippen LogP contribution in [-0.4, -0.2) is 52.6 Å². The monoisotopic (exact) mass is 585 g/mol. The van der Waals surface area contributed by atoms with Crippen LogP contribution in [0.3, 0.4) is 0 Å². The molecule has 0 spiro atoms. The number of rotatable bonds is 6. The molecular formula is C32H39N7O4. The molecule has 0 radical (unpaired) electrons. The molecule has 11 nitrogen and oxygen atoms in total. The van der Waals surface area contributed by atoms with Gasteiger partial charge in [0.15, 0.2) is 11.5 Å². The first kappa shape index (κ1) is 30.0. The van der Waals surface area contributed by atoms with Gasteiger partial charge in [0.1, 0.15) is 16.6 Å². The second-order valence-electron chi connectivity index (χ2n) is 13.1. The van der Waals surface area contributed by atoms with Crippen molar-refractivity contribution in [3.63, 3.8) is 0 Å². The average molecular weight is 586 g/mol. The molecule has 4 heterocycles. The minimum atomic E-state index is -1.18. The van der Waals surface area contributed by atoms with Gasteiger partial charge >= 0.3 is 6.09 Å². The molecular weight excluding hydrogens is 546 g/mol. The highest BCUT2D eigenvalue weighted by atomic mass is 16.6. The summed E-state index contributed by atoms with van der Waals surface area (Å²) < 4.78 is 8.76. The first-order valence-corrected chi connectivity index (χ1v) is 14.3. The molecule has 0 bridgehead atoms. The molecule has 11 heteroatoms. The minimum Gasteiger partial charge on any atom is -0.444 e. The molecule has 2 N–H and O–H groups in total. The Kier molecular flexibility index (Phi) is 7.42. The molecule has 226 valence electrons. The number of carbonyl (C=O) groups excluding carboxylic acids is 1. The summed E-state index contributed by atoms with van der Waals surface area (Å²) in [6, 6.07) is 11.3. The van der Waals surface area contributed by atoms with Crippen LogP contribution in [0.4, 0.5) is 16.4 Å². The summed E-state index contributed by atoms with van der Waals surface area (Å²) in [5, 5.41) is 14.1. The molecule has 1 amide bonds. The third-order valence-electron chi connectivity index (χ3n) is 7.25. The summed E-state index contributed by atoms with van der Waals surface area (Å²) >= 11 is 0. The fraction of sp³-hybridized carbons (Fsp3) is 0.406. The van der Waals surface area contributed by atoms with E-state index < -0.39 is 11.2 Å². The van der Waals surface area contributed by atoms with Crippen LogP contribution in [0.15, 0.2) is 60.0 Å². The highest BCUT2D eigenvalue weighted by Gasteiger charge is 2.36. The zero-order valence-corrected chi connectivity index (χ0v) is 25.8. The van der Waals surface area contributed by atoms with Crippen LogP contribution in [0.2, 0.25) is 0 Å². The van der Waals surface area contributed by atoms with Gasteiger partial charge in [-0.2, -0.15) is 4.98 Å². The van der Waals surface area contributed by atoms with Crippen LogP contribution >= 0.6 is 0 Å². The van der Waals surface area contributed by atoms with E-state index >= 15 is 0 Å².